The topological polar surface area (TPSA) is 67.2 Å². The number of carbonyl (C=O) groups excluding carboxylic acids is 2. The second-order valence-electron chi connectivity index (χ2n) is 5.92. The van der Waals surface area contributed by atoms with Crippen LogP contribution < -0.4 is 10.2 Å². The lowest BCUT2D eigenvalue weighted by atomic mass is 10.1. The Hall–Kier alpha value is -2.89. The zero-order valence-electron chi connectivity index (χ0n) is 15.0. The van der Waals surface area contributed by atoms with Crippen molar-refractivity contribution in [2.45, 2.75) is 40.3 Å². The quantitative estimate of drug-likeness (QED) is 0.787. The van der Waals surface area contributed by atoms with Gasteiger partial charge in [0.05, 0.1) is 12.7 Å². The summed E-state index contributed by atoms with van der Waals surface area (Å²) in [6.45, 7) is 10.3. The Labute approximate surface area is 148 Å². The number of rotatable bonds is 7. The number of carbonyl (C=O) groups is 2. The average molecular weight is 340 g/mol. The van der Waals surface area contributed by atoms with Gasteiger partial charge in [-0.1, -0.05) is 19.6 Å². The van der Waals surface area contributed by atoms with Gasteiger partial charge in [0.15, 0.2) is 0 Å². The van der Waals surface area contributed by atoms with Crippen molar-refractivity contribution in [1.82, 2.24) is 9.78 Å². The van der Waals surface area contributed by atoms with Crippen molar-refractivity contribution in [2.75, 3.05) is 10.2 Å². The molecule has 1 heterocycles. The van der Waals surface area contributed by atoms with Crippen molar-refractivity contribution in [2.24, 2.45) is 0 Å². The highest BCUT2D eigenvalue weighted by atomic mass is 16.2. The van der Waals surface area contributed by atoms with E-state index in [2.05, 4.69) is 23.9 Å². The predicted octanol–water partition coefficient (Wildman–Crippen LogP) is 3.28. The number of hydrogen-bond acceptors (Lipinski definition) is 3. The van der Waals surface area contributed by atoms with Crippen molar-refractivity contribution in [3.05, 3.63) is 54.4 Å². The van der Waals surface area contributed by atoms with Gasteiger partial charge in [-0.25, -0.2) is 0 Å². The van der Waals surface area contributed by atoms with Crippen molar-refractivity contribution in [3.63, 3.8) is 0 Å². The summed E-state index contributed by atoms with van der Waals surface area (Å²) < 4.78 is 1.86. The molecule has 0 atom stereocenters. The van der Waals surface area contributed by atoms with Gasteiger partial charge < -0.3 is 10.2 Å². The fourth-order valence-electron chi connectivity index (χ4n) is 2.53. The molecule has 0 fully saturated rings. The number of nitrogens with one attached hydrogen (secondary N) is 1. The van der Waals surface area contributed by atoms with E-state index in [-0.39, 0.29) is 11.8 Å². The molecular weight excluding hydrogens is 316 g/mol. The van der Waals surface area contributed by atoms with E-state index in [4.69, 9.17) is 0 Å². The van der Waals surface area contributed by atoms with E-state index in [1.807, 2.05) is 29.9 Å². The molecule has 6 heteroatoms. The third kappa shape index (κ3) is 4.79. The van der Waals surface area contributed by atoms with E-state index < -0.39 is 0 Å². The number of aryl methyl sites for hydroxylation is 2. The Bertz CT molecular complexity index is 779. The maximum absolute atomic E-state index is 12.4. The Balaban J connectivity index is 2.32. The van der Waals surface area contributed by atoms with E-state index in [1.54, 1.807) is 17.2 Å². The molecule has 0 spiro atoms. The number of benzene rings is 1. The lowest BCUT2D eigenvalue weighted by Crippen LogP contribution is -2.28. The van der Waals surface area contributed by atoms with E-state index >= 15 is 0 Å². The third-order valence-corrected chi connectivity index (χ3v) is 3.76. The van der Waals surface area contributed by atoms with E-state index in [1.165, 1.54) is 13.0 Å². The van der Waals surface area contributed by atoms with Crippen LogP contribution in [0.3, 0.4) is 0 Å². The van der Waals surface area contributed by atoms with Crippen LogP contribution in [0.25, 0.3) is 0 Å². The first-order valence-electron chi connectivity index (χ1n) is 8.28. The molecule has 132 valence electrons. The normalized spacial score (nSPS) is 10.4. The Morgan fingerprint density at radius 2 is 2.16 bits per heavy atom. The second-order valence-corrected chi connectivity index (χ2v) is 5.92. The van der Waals surface area contributed by atoms with Gasteiger partial charge in [0.2, 0.25) is 5.91 Å². The molecule has 0 aliphatic carbocycles. The second kappa shape index (κ2) is 8.28. The highest BCUT2D eigenvalue weighted by Gasteiger charge is 2.16. The molecule has 0 saturated carbocycles. The first-order valence-corrected chi connectivity index (χ1v) is 8.28. The van der Waals surface area contributed by atoms with Crippen LogP contribution in [0.1, 0.15) is 31.4 Å². The van der Waals surface area contributed by atoms with E-state index in [0.29, 0.717) is 17.9 Å². The summed E-state index contributed by atoms with van der Waals surface area (Å²) in [5.74, 6) is -0.358. The number of amides is 2. The van der Waals surface area contributed by atoms with Crippen LogP contribution >= 0.6 is 0 Å². The molecule has 6 nitrogen and oxygen atoms in total. The highest BCUT2D eigenvalue weighted by Crippen LogP contribution is 2.25. The first kappa shape index (κ1) is 18.4. The van der Waals surface area contributed by atoms with E-state index in [0.717, 1.165) is 24.1 Å². The third-order valence-electron chi connectivity index (χ3n) is 3.76. The lowest BCUT2D eigenvalue weighted by Gasteiger charge is -2.22. The summed E-state index contributed by atoms with van der Waals surface area (Å²) in [6, 6.07) is 5.54. The molecule has 0 radical (unpaired) electrons. The van der Waals surface area contributed by atoms with Gasteiger partial charge in [0.25, 0.3) is 5.91 Å². The van der Waals surface area contributed by atoms with Crippen LogP contribution in [-0.4, -0.2) is 21.6 Å². The molecule has 0 aliphatic rings. The Kier molecular flexibility index (Phi) is 6.11. The molecule has 0 aliphatic heterocycles. The zero-order chi connectivity index (χ0) is 18.4. The van der Waals surface area contributed by atoms with Crippen LogP contribution in [0.15, 0.2) is 43.2 Å². The van der Waals surface area contributed by atoms with Crippen molar-refractivity contribution >= 4 is 23.2 Å². The summed E-state index contributed by atoms with van der Waals surface area (Å²) in [7, 11) is 0. The number of hydrogen-bond donors (Lipinski definition) is 1. The van der Waals surface area contributed by atoms with Crippen LogP contribution in [0, 0.1) is 6.92 Å². The minimum Gasteiger partial charge on any atom is -0.326 e. The molecule has 25 heavy (non-hydrogen) atoms. The molecule has 1 aromatic carbocycles. The molecule has 1 N–H and O–H groups in total. The van der Waals surface area contributed by atoms with Gasteiger partial charge in [-0.2, -0.15) is 5.10 Å². The summed E-state index contributed by atoms with van der Waals surface area (Å²) in [5.41, 5.74) is 3.25. The Morgan fingerprint density at radius 1 is 1.40 bits per heavy atom. The molecule has 0 bridgehead atoms. The summed E-state index contributed by atoms with van der Waals surface area (Å²) in [6.07, 6.45) is 5.99. The van der Waals surface area contributed by atoms with Gasteiger partial charge >= 0.3 is 0 Å². The monoisotopic (exact) mass is 340 g/mol. The molecule has 0 unspecified atom stereocenters. The molecule has 2 rings (SSSR count). The molecular formula is C19H24N4O2. The fraction of sp³-hybridized carbons (Fsp3) is 0.316. The minimum atomic E-state index is -0.208. The fourth-order valence-corrected chi connectivity index (χ4v) is 2.53. The largest absolute Gasteiger partial charge is 0.326 e. The van der Waals surface area contributed by atoms with Gasteiger partial charge in [0.1, 0.15) is 0 Å². The number of anilines is 2. The van der Waals surface area contributed by atoms with Crippen molar-refractivity contribution < 1.29 is 9.59 Å². The van der Waals surface area contributed by atoms with E-state index in [9.17, 15) is 9.59 Å². The van der Waals surface area contributed by atoms with Crippen LogP contribution in [0.4, 0.5) is 11.4 Å². The van der Waals surface area contributed by atoms with Crippen molar-refractivity contribution in [1.29, 1.82) is 0 Å². The minimum absolute atomic E-state index is 0.150. The van der Waals surface area contributed by atoms with Gasteiger partial charge in [-0.05, 0) is 37.1 Å². The summed E-state index contributed by atoms with van der Waals surface area (Å²) >= 11 is 0. The Morgan fingerprint density at radius 3 is 2.80 bits per heavy atom. The SMILES string of the molecule is C=CC(=O)N(Cc1cnn(CCC)c1)c1ccc(C)c(NC(C)=O)c1. The van der Waals surface area contributed by atoms with Gasteiger partial charge in [-0.15, -0.1) is 0 Å². The molecule has 1 aromatic heterocycles. The molecule has 0 saturated heterocycles. The molecule has 2 aromatic rings. The first-order chi connectivity index (χ1) is 11.9. The van der Waals surface area contributed by atoms with Crippen LogP contribution in [-0.2, 0) is 22.7 Å². The predicted molar refractivity (Wildman–Crippen MR) is 99.4 cm³/mol. The zero-order valence-corrected chi connectivity index (χ0v) is 15.0. The summed E-state index contributed by atoms with van der Waals surface area (Å²) in [4.78, 5) is 25.4. The average Bonchev–Trinajstić information content (AvgIpc) is 3.01. The number of aromatic nitrogens is 2. The smallest absolute Gasteiger partial charge is 0.250 e. The maximum atomic E-state index is 12.4. The van der Waals surface area contributed by atoms with Gasteiger partial charge in [0, 0.05) is 36.6 Å². The van der Waals surface area contributed by atoms with Crippen LogP contribution in [0.2, 0.25) is 0 Å². The number of nitrogens with zero attached hydrogens (tertiary/aromatic N) is 3. The van der Waals surface area contributed by atoms with Crippen LogP contribution in [0.5, 0.6) is 0 Å². The lowest BCUT2D eigenvalue weighted by molar-refractivity contribution is -0.115. The summed E-state index contributed by atoms with van der Waals surface area (Å²) in [5, 5.41) is 7.10. The maximum Gasteiger partial charge on any atom is 0.250 e. The molecule has 2 amide bonds. The highest BCUT2D eigenvalue weighted by molar-refractivity contribution is 6.01. The van der Waals surface area contributed by atoms with Gasteiger partial charge in [-0.3, -0.25) is 14.3 Å². The standard InChI is InChI=1S/C19H24N4O2/c1-5-9-22-12-16(11-20-22)13-23(19(25)6-2)17-8-7-14(3)18(10-17)21-15(4)24/h6-8,10-12H,2,5,9,13H2,1,3-4H3,(H,21,24). The van der Waals surface area contributed by atoms with Crippen molar-refractivity contribution in [3.8, 4) is 0 Å².